The monoisotopic (exact) mass is 205 g/mol. The van der Waals surface area contributed by atoms with E-state index >= 15 is 0 Å². The molecule has 0 aliphatic carbocycles. The fraction of sp³-hybridized carbons (Fsp3) is 0.300. The van der Waals surface area contributed by atoms with Gasteiger partial charge in [-0.2, -0.15) is 0 Å². The van der Waals surface area contributed by atoms with E-state index in [0.29, 0.717) is 0 Å². The highest BCUT2D eigenvalue weighted by Gasteiger charge is 2.47. The summed E-state index contributed by atoms with van der Waals surface area (Å²) in [6, 6.07) is 3.06. The second-order valence-electron chi connectivity index (χ2n) is 3.66. The van der Waals surface area contributed by atoms with E-state index in [1.165, 1.54) is 7.05 Å². The van der Waals surface area contributed by atoms with Crippen LogP contribution < -0.4 is 5.32 Å². The van der Waals surface area contributed by atoms with E-state index in [0.717, 1.165) is 10.5 Å². The number of pyridine rings is 1. The van der Waals surface area contributed by atoms with Gasteiger partial charge in [0.15, 0.2) is 0 Å². The van der Waals surface area contributed by atoms with Crippen molar-refractivity contribution in [3.8, 4) is 0 Å². The van der Waals surface area contributed by atoms with Crippen molar-refractivity contribution < 1.29 is 9.59 Å². The Labute approximate surface area is 87.1 Å². The van der Waals surface area contributed by atoms with Crippen molar-refractivity contribution in [3.05, 3.63) is 30.1 Å². The number of imide groups is 1. The molecule has 1 aliphatic heterocycles. The number of hydrogen-bond acceptors (Lipinski definition) is 3. The summed E-state index contributed by atoms with van der Waals surface area (Å²) >= 11 is 0. The van der Waals surface area contributed by atoms with E-state index in [1.54, 1.807) is 31.5 Å². The van der Waals surface area contributed by atoms with Gasteiger partial charge in [-0.3, -0.25) is 14.7 Å². The van der Waals surface area contributed by atoms with Crippen molar-refractivity contribution in [2.75, 3.05) is 7.05 Å². The minimum absolute atomic E-state index is 0.251. The fourth-order valence-corrected chi connectivity index (χ4v) is 1.66. The molecule has 1 N–H and O–H groups in total. The molecule has 1 saturated heterocycles. The predicted octanol–water partition coefficient (Wildman–Crippen LogP) is 0.478. The maximum absolute atomic E-state index is 11.9. The number of aromatic nitrogens is 1. The molecule has 1 aromatic heterocycles. The van der Waals surface area contributed by atoms with Crippen LogP contribution >= 0.6 is 0 Å². The molecule has 5 heteroatoms. The lowest BCUT2D eigenvalue weighted by atomic mass is 9.93. The maximum atomic E-state index is 11.9. The van der Waals surface area contributed by atoms with Gasteiger partial charge < -0.3 is 5.32 Å². The number of amides is 3. The zero-order valence-corrected chi connectivity index (χ0v) is 8.52. The zero-order valence-electron chi connectivity index (χ0n) is 8.52. The predicted molar refractivity (Wildman–Crippen MR) is 52.9 cm³/mol. The van der Waals surface area contributed by atoms with E-state index < -0.39 is 5.54 Å². The first kappa shape index (κ1) is 9.64. The minimum atomic E-state index is -0.964. The summed E-state index contributed by atoms with van der Waals surface area (Å²) in [4.78, 5) is 28.2. The molecule has 2 rings (SSSR count). The van der Waals surface area contributed by atoms with Gasteiger partial charge in [0.05, 0.1) is 0 Å². The molecule has 78 valence electrons. The molecule has 0 aromatic carbocycles. The van der Waals surface area contributed by atoms with E-state index in [-0.39, 0.29) is 11.9 Å². The summed E-state index contributed by atoms with van der Waals surface area (Å²) in [7, 11) is 1.46. The Hall–Kier alpha value is -1.91. The standard InChI is InChI=1S/C10H11N3O2/c1-10(7-3-5-11-6-4-7)8(14)13(2)9(15)12-10/h3-6H,1-2H3,(H,12,15). The van der Waals surface area contributed by atoms with E-state index in [1.807, 2.05) is 0 Å². The summed E-state index contributed by atoms with van der Waals surface area (Å²) in [6.07, 6.45) is 3.19. The van der Waals surface area contributed by atoms with Crippen molar-refractivity contribution in [2.24, 2.45) is 0 Å². The van der Waals surface area contributed by atoms with Gasteiger partial charge in [0.2, 0.25) is 0 Å². The molecule has 5 nitrogen and oxygen atoms in total. The van der Waals surface area contributed by atoms with Gasteiger partial charge in [0.1, 0.15) is 5.54 Å². The van der Waals surface area contributed by atoms with E-state index in [9.17, 15) is 9.59 Å². The van der Waals surface area contributed by atoms with Crippen molar-refractivity contribution in [2.45, 2.75) is 12.5 Å². The summed E-state index contributed by atoms with van der Waals surface area (Å²) in [5, 5.41) is 2.66. The normalized spacial score (nSPS) is 25.6. The second kappa shape index (κ2) is 3.05. The van der Waals surface area contributed by atoms with Crippen LogP contribution in [0.4, 0.5) is 4.79 Å². The smallest absolute Gasteiger partial charge is 0.319 e. The summed E-state index contributed by atoms with van der Waals surface area (Å²) < 4.78 is 0. The average Bonchev–Trinajstić information content (AvgIpc) is 2.45. The van der Waals surface area contributed by atoms with Gasteiger partial charge in [0.25, 0.3) is 5.91 Å². The SMILES string of the molecule is CN1C(=O)NC(C)(c2ccncc2)C1=O. The Balaban J connectivity index is 2.45. The highest BCUT2D eigenvalue weighted by molar-refractivity contribution is 6.06. The number of hydrogen-bond donors (Lipinski definition) is 1. The molecule has 1 aromatic rings. The number of carbonyl (C=O) groups excluding carboxylic acids is 2. The maximum Gasteiger partial charge on any atom is 0.325 e. The summed E-state index contributed by atoms with van der Waals surface area (Å²) in [6.45, 7) is 1.69. The quantitative estimate of drug-likeness (QED) is 0.678. The molecule has 1 fully saturated rings. The Bertz CT molecular complexity index is 418. The van der Waals surface area contributed by atoms with E-state index in [2.05, 4.69) is 10.3 Å². The summed E-state index contributed by atoms with van der Waals surface area (Å²) in [5.41, 5.74) is -0.227. The lowest BCUT2D eigenvalue weighted by Crippen LogP contribution is -2.40. The first-order valence-electron chi connectivity index (χ1n) is 4.56. The lowest BCUT2D eigenvalue weighted by Gasteiger charge is -2.21. The molecule has 0 bridgehead atoms. The van der Waals surface area contributed by atoms with Crippen LogP contribution in [0.2, 0.25) is 0 Å². The van der Waals surface area contributed by atoms with Gasteiger partial charge >= 0.3 is 6.03 Å². The third-order valence-electron chi connectivity index (χ3n) is 2.65. The second-order valence-corrected chi connectivity index (χ2v) is 3.66. The fourth-order valence-electron chi connectivity index (χ4n) is 1.66. The molecule has 1 aliphatic rings. The highest BCUT2D eigenvalue weighted by Crippen LogP contribution is 2.26. The molecule has 0 radical (unpaired) electrons. The van der Waals surface area contributed by atoms with Gasteiger partial charge in [-0.15, -0.1) is 0 Å². The molecule has 0 saturated carbocycles. The van der Waals surface area contributed by atoms with Crippen LogP contribution in [-0.4, -0.2) is 28.9 Å². The van der Waals surface area contributed by atoms with Crippen molar-refractivity contribution in [1.29, 1.82) is 0 Å². The average molecular weight is 205 g/mol. The van der Waals surface area contributed by atoms with Crippen LogP contribution in [0.25, 0.3) is 0 Å². The molecule has 15 heavy (non-hydrogen) atoms. The molecule has 2 heterocycles. The van der Waals surface area contributed by atoms with Crippen LogP contribution in [0.1, 0.15) is 12.5 Å². The first-order chi connectivity index (χ1) is 7.05. The Morgan fingerprint density at radius 3 is 2.40 bits per heavy atom. The first-order valence-corrected chi connectivity index (χ1v) is 4.56. The van der Waals surface area contributed by atoms with Crippen molar-refractivity contribution >= 4 is 11.9 Å². The van der Waals surface area contributed by atoms with Gasteiger partial charge in [-0.25, -0.2) is 4.79 Å². The number of nitrogens with one attached hydrogen (secondary N) is 1. The molecule has 0 spiro atoms. The molecule has 3 amide bonds. The topological polar surface area (TPSA) is 62.3 Å². The van der Waals surface area contributed by atoms with Crippen molar-refractivity contribution in [3.63, 3.8) is 0 Å². The Morgan fingerprint density at radius 1 is 1.33 bits per heavy atom. The third kappa shape index (κ3) is 1.27. The van der Waals surface area contributed by atoms with Crippen molar-refractivity contribution in [1.82, 2.24) is 15.2 Å². The third-order valence-corrected chi connectivity index (χ3v) is 2.65. The number of likely N-dealkylation sites (N-methyl/N-ethyl adjacent to an activating group) is 1. The van der Waals surface area contributed by atoms with Crippen LogP contribution in [0.3, 0.4) is 0 Å². The summed E-state index contributed by atoms with van der Waals surface area (Å²) in [5.74, 6) is -0.251. The molecule has 1 atom stereocenters. The number of rotatable bonds is 1. The van der Waals surface area contributed by atoms with Gasteiger partial charge in [-0.1, -0.05) is 0 Å². The zero-order chi connectivity index (χ0) is 11.1. The minimum Gasteiger partial charge on any atom is -0.319 e. The van der Waals surface area contributed by atoms with Crippen LogP contribution in [0, 0.1) is 0 Å². The van der Waals surface area contributed by atoms with Gasteiger partial charge in [-0.05, 0) is 24.6 Å². The number of nitrogens with zero attached hydrogens (tertiary/aromatic N) is 2. The molecular weight excluding hydrogens is 194 g/mol. The Kier molecular flexibility index (Phi) is 1.96. The van der Waals surface area contributed by atoms with E-state index in [4.69, 9.17) is 0 Å². The lowest BCUT2D eigenvalue weighted by molar-refractivity contribution is -0.130. The number of urea groups is 1. The van der Waals surface area contributed by atoms with Crippen LogP contribution in [0.15, 0.2) is 24.5 Å². The largest absolute Gasteiger partial charge is 0.325 e. The van der Waals surface area contributed by atoms with Crippen LogP contribution in [-0.2, 0) is 10.3 Å². The Morgan fingerprint density at radius 2 is 1.93 bits per heavy atom. The highest BCUT2D eigenvalue weighted by atomic mass is 16.2. The van der Waals surface area contributed by atoms with Gasteiger partial charge in [0, 0.05) is 19.4 Å². The van der Waals surface area contributed by atoms with Crippen LogP contribution in [0.5, 0.6) is 0 Å². The number of carbonyl (C=O) groups is 2. The molecule has 1 unspecified atom stereocenters. The molecular formula is C10H11N3O2.